The van der Waals surface area contributed by atoms with Gasteiger partial charge in [0.05, 0.1) is 0 Å². The van der Waals surface area contributed by atoms with E-state index in [0.717, 1.165) is 22.4 Å². The van der Waals surface area contributed by atoms with Crippen LogP contribution in [0.1, 0.15) is 11.1 Å². The van der Waals surface area contributed by atoms with Gasteiger partial charge in [-0.25, -0.2) is 0 Å². The summed E-state index contributed by atoms with van der Waals surface area (Å²) in [5.74, 6) is 0.745. The zero-order valence-electron chi connectivity index (χ0n) is 10.6. The molecule has 0 unspecified atom stereocenters. The average molecular weight is 247 g/mol. The van der Waals surface area contributed by atoms with Gasteiger partial charge in [0.25, 0.3) is 0 Å². The fraction of sp³-hybridized carbons (Fsp3) is 0.0625. The molecule has 0 spiro atoms. The lowest BCUT2D eigenvalue weighted by Crippen LogP contribution is -1.92. The van der Waals surface area contributed by atoms with Gasteiger partial charge in [-0.2, -0.15) is 5.26 Å². The van der Waals surface area contributed by atoms with E-state index in [2.05, 4.69) is 16.4 Å². The third kappa shape index (κ3) is 2.04. The van der Waals surface area contributed by atoms with Crippen LogP contribution in [-0.4, -0.2) is 4.98 Å². The van der Waals surface area contributed by atoms with Gasteiger partial charge in [0.15, 0.2) is 0 Å². The molecule has 2 N–H and O–H groups in total. The molecule has 3 rings (SSSR count). The Morgan fingerprint density at radius 1 is 1.11 bits per heavy atom. The number of hydrogen-bond acceptors (Lipinski definition) is 2. The van der Waals surface area contributed by atoms with Crippen molar-refractivity contribution in [3.05, 3.63) is 59.7 Å². The van der Waals surface area contributed by atoms with E-state index in [4.69, 9.17) is 0 Å². The second-order valence-corrected chi connectivity index (χ2v) is 4.53. The zero-order valence-corrected chi connectivity index (χ0v) is 10.6. The average Bonchev–Trinajstić information content (AvgIpc) is 2.75. The first-order chi connectivity index (χ1) is 9.28. The molecule has 0 aliphatic heterocycles. The van der Waals surface area contributed by atoms with Gasteiger partial charge in [-0.1, -0.05) is 30.3 Å². The number of nitrogens with one attached hydrogen (secondary N) is 2. The van der Waals surface area contributed by atoms with Crippen molar-refractivity contribution in [1.82, 2.24) is 4.98 Å². The number of H-pyrrole nitrogens is 1. The molecule has 3 heteroatoms. The summed E-state index contributed by atoms with van der Waals surface area (Å²) >= 11 is 0. The molecule has 0 bridgehead atoms. The van der Waals surface area contributed by atoms with Crippen LogP contribution in [0.3, 0.4) is 0 Å². The van der Waals surface area contributed by atoms with Crippen LogP contribution >= 0.6 is 0 Å². The van der Waals surface area contributed by atoms with E-state index in [1.807, 2.05) is 55.5 Å². The van der Waals surface area contributed by atoms with E-state index in [1.54, 1.807) is 0 Å². The summed E-state index contributed by atoms with van der Waals surface area (Å²) < 4.78 is 0. The third-order valence-corrected chi connectivity index (χ3v) is 3.11. The van der Waals surface area contributed by atoms with Crippen molar-refractivity contribution in [3.8, 4) is 6.07 Å². The van der Waals surface area contributed by atoms with Gasteiger partial charge in [-0.15, -0.1) is 0 Å². The summed E-state index contributed by atoms with van der Waals surface area (Å²) in [6.45, 7) is 2.04. The lowest BCUT2D eigenvalue weighted by Gasteiger charge is -2.05. The van der Waals surface area contributed by atoms with Crippen LogP contribution in [0.25, 0.3) is 10.9 Å². The summed E-state index contributed by atoms with van der Waals surface area (Å²) in [5, 5.41) is 13.5. The molecule has 0 saturated carbocycles. The maximum Gasteiger partial charge on any atom is 0.127 e. The Hall–Kier alpha value is -2.73. The number of rotatable bonds is 2. The standard InChI is InChI=1S/C16H13N3/c1-11-5-4-6-12(9-11)18-16-14(10-17)13-7-2-3-8-15(13)19-16/h2-9,18-19H,1H3. The minimum atomic E-state index is 0.650. The predicted octanol–water partition coefficient (Wildman–Crippen LogP) is 4.09. The molecule has 2 aromatic carbocycles. The maximum absolute atomic E-state index is 9.33. The first-order valence-corrected chi connectivity index (χ1v) is 6.12. The third-order valence-electron chi connectivity index (χ3n) is 3.11. The van der Waals surface area contributed by atoms with Gasteiger partial charge in [0, 0.05) is 16.6 Å². The molecule has 0 saturated heterocycles. The number of aryl methyl sites for hydroxylation is 1. The molecular weight excluding hydrogens is 234 g/mol. The Balaban J connectivity index is 2.08. The molecule has 0 aliphatic carbocycles. The van der Waals surface area contributed by atoms with Gasteiger partial charge >= 0.3 is 0 Å². The Bertz CT molecular complexity index is 778. The molecule has 0 fully saturated rings. The number of aromatic nitrogens is 1. The van der Waals surface area contributed by atoms with E-state index in [0.29, 0.717) is 5.56 Å². The molecule has 1 aromatic heterocycles. The second-order valence-electron chi connectivity index (χ2n) is 4.53. The highest BCUT2D eigenvalue weighted by atomic mass is 15.0. The van der Waals surface area contributed by atoms with Gasteiger partial charge in [-0.3, -0.25) is 0 Å². The molecule has 3 nitrogen and oxygen atoms in total. The van der Waals surface area contributed by atoms with E-state index in [-0.39, 0.29) is 0 Å². The summed E-state index contributed by atoms with van der Waals surface area (Å²) in [4.78, 5) is 3.25. The number of aromatic amines is 1. The molecular formula is C16H13N3. The van der Waals surface area contributed by atoms with Crippen LogP contribution < -0.4 is 5.32 Å². The van der Waals surface area contributed by atoms with Crippen molar-refractivity contribution < 1.29 is 0 Å². The van der Waals surface area contributed by atoms with E-state index in [1.165, 1.54) is 5.56 Å². The van der Waals surface area contributed by atoms with E-state index < -0.39 is 0 Å². The molecule has 0 amide bonds. The number of fused-ring (bicyclic) bond motifs is 1. The lowest BCUT2D eigenvalue weighted by atomic mass is 10.2. The first-order valence-electron chi connectivity index (χ1n) is 6.12. The smallest absolute Gasteiger partial charge is 0.127 e. The minimum absolute atomic E-state index is 0.650. The molecule has 0 aliphatic rings. The lowest BCUT2D eigenvalue weighted by molar-refractivity contribution is 1.38. The molecule has 0 atom stereocenters. The van der Waals surface area contributed by atoms with Crippen LogP contribution in [0.2, 0.25) is 0 Å². The number of anilines is 2. The number of para-hydroxylation sites is 1. The fourth-order valence-electron chi connectivity index (χ4n) is 2.22. The monoisotopic (exact) mass is 247 g/mol. The van der Waals surface area contributed by atoms with Crippen LogP contribution in [-0.2, 0) is 0 Å². The molecule has 19 heavy (non-hydrogen) atoms. The normalized spacial score (nSPS) is 10.3. The SMILES string of the molecule is Cc1cccc(Nc2[nH]c3ccccc3c2C#N)c1. The van der Waals surface area contributed by atoms with Crippen LogP contribution in [0.15, 0.2) is 48.5 Å². The van der Waals surface area contributed by atoms with Crippen LogP contribution in [0, 0.1) is 18.3 Å². The number of hydrogen-bond donors (Lipinski definition) is 2. The van der Waals surface area contributed by atoms with Gasteiger partial charge in [-0.05, 0) is 30.7 Å². The molecule has 1 heterocycles. The van der Waals surface area contributed by atoms with Crippen molar-refractivity contribution in [3.63, 3.8) is 0 Å². The van der Waals surface area contributed by atoms with Crippen LogP contribution in [0.4, 0.5) is 11.5 Å². The molecule has 92 valence electrons. The number of nitrogens with zero attached hydrogens (tertiary/aromatic N) is 1. The number of nitriles is 1. The van der Waals surface area contributed by atoms with Crippen molar-refractivity contribution in [2.45, 2.75) is 6.92 Å². The van der Waals surface area contributed by atoms with Crippen LogP contribution in [0.5, 0.6) is 0 Å². The Morgan fingerprint density at radius 3 is 2.74 bits per heavy atom. The van der Waals surface area contributed by atoms with Crippen molar-refractivity contribution in [1.29, 1.82) is 5.26 Å². The predicted molar refractivity (Wildman–Crippen MR) is 77.5 cm³/mol. The highest BCUT2D eigenvalue weighted by Gasteiger charge is 2.10. The van der Waals surface area contributed by atoms with Gasteiger partial charge in [0.1, 0.15) is 17.5 Å². The van der Waals surface area contributed by atoms with Gasteiger partial charge in [0.2, 0.25) is 0 Å². The summed E-state index contributed by atoms with van der Waals surface area (Å²) in [6.07, 6.45) is 0. The minimum Gasteiger partial charge on any atom is -0.341 e. The second kappa shape index (κ2) is 4.51. The largest absolute Gasteiger partial charge is 0.341 e. The summed E-state index contributed by atoms with van der Waals surface area (Å²) in [7, 11) is 0. The topological polar surface area (TPSA) is 51.6 Å². The van der Waals surface area contributed by atoms with E-state index >= 15 is 0 Å². The van der Waals surface area contributed by atoms with E-state index in [9.17, 15) is 5.26 Å². The Labute approximate surface area is 111 Å². The number of benzene rings is 2. The molecule has 0 radical (unpaired) electrons. The molecule has 3 aromatic rings. The zero-order chi connectivity index (χ0) is 13.2. The highest BCUT2D eigenvalue weighted by molar-refractivity contribution is 5.92. The Morgan fingerprint density at radius 2 is 1.95 bits per heavy atom. The van der Waals surface area contributed by atoms with Crippen molar-refractivity contribution in [2.75, 3.05) is 5.32 Å². The fourth-order valence-corrected chi connectivity index (χ4v) is 2.22. The maximum atomic E-state index is 9.33. The highest BCUT2D eigenvalue weighted by Crippen LogP contribution is 2.27. The summed E-state index contributed by atoms with van der Waals surface area (Å²) in [5.41, 5.74) is 3.77. The summed E-state index contributed by atoms with van der Waals surface area (Å²) in [6, 6.07) is 18.1. The first kappa shape index (κ1) is 11.4. The quantitative estimate of drug-likeness (QED) is 0.716. The Kier molecular flexibility index (Phi) is 2.70. The van der Waals surface area contributed by atoms with Crippen molar-refractivity contribution in [2.24, 2.45) is 0 Å². The van der Waals surface area contributed by atoms with Crippen molar-refractivity contribution >= 4 is 22.4 Å². The van der Waals surface area contributed by atoms with Gasteiger partial charge < -0.3 is 10.3 Å².